The average molecular weight is 331 g/mol. The molecule has 2 nitrogen and oxygen atoms in total. The second-order valence-corrected chi connectivity index (χ2v) is 10.2. The number of rotatable bonds is 2. The van der Waals surface area contributed by atoms with Crippen molar-refractivity contribution in [3.63, 3.8) is 0 Å². The van der Waals surface area contributed by atoms with Crippen molar-refractivity contribution in [2.45, 2.75) is 103 Å². The Balaban J connectivity index is 1.95. The van der Waals surface area contributed by atoms with Gasteiger partial charge in [-0.2, -0.15) is 0 Å². The lowest BCUT2D eigenvalue weighted by Crippen LogP contribution is -2.63. The minimum absolute atomic E-state index is 0.0212. The van der Waals surface area contributed by atoms with Gasteiger partial charge in [-0.15, -0.1) is 0 Å². The van der Waals surface area contributed by atoms with E-state index in [4.69, 9.17) is 12.6 Å². The molecule has 5 unspecified atom stereocenters. The lowest BCUT2D eigenvalue weighted by Gasteiger charge is -2.55. The van der Waals surface area contributed by atoms with E-state index in [1.54, 1.807) is 0 Å². The minimum atomic E-state index is 0.0212. The number of piperidine rings is 1. The van der Waals surface area contributed by atoms with Crippen molar-refractivity contribution in [2.75, 3.05) is 13.2 Å². The fraction of sp³-hybridized carbons (Fsp3) is 1.00. The maximum atomic E-state index is 6.62. The van der Waals surface area contributed by atoms with Gasteiger partial charge >= 0.3 is 0 Å². The molecule has 136 valence electrons. The smallest absolute Gasteiger partial charge is 0.0742 e. The van der Waals surface area contributed by atoms with Crippen molar-refractivity contribution in [3.05, 3.63) is 0 Å². The Morgan fingerprint density at radius 2 is 1.83 bits per heavy atom. The predicted molar refractivity (Wildman–Crippen MR) is 103 cm³/mol. The van der Waals surface area contributed by atoms with Crippen LogP contribution in [0.25, 0.3) is 0 Å². The van der Waals surface area contributed by atoms with Gasteiger partial charge in [0.2, 0.25) is 0 Å². The molecule has 2 aliphatic heterocycles. The topological polar surface area (TPSA) is 12.5 Å². The standard InChI is InChI=1S/C21H38BNO/c1-15(2)20(6)13-21(14-24-20)18-8-7-10-19(5,22)12-17(18)9-11-23(21)16(3)4/h15-18H,7-14H2,1-6H3. The average Bonchev–Trinajstić information content (AvgIpc) is 2.72. The number of hydrogen-bond donors (Lipinski definition) is 0. The zero-order chi connectivity index (χ0) is 17.8. The van der Waals surface area contributed by atoms with Crippen LogP contribution >= 0.6 is 0 Å². The van der Waals surface area contributed by atoms with E-state index in [2.05, 4.69) is 46.4 Å². The van der Waals surface area contributed by atoms with Crippen molar-refractivity contribution < 1.29 is 4.74 Å². The van der Waals surface area contributed by atoms with Crippen LogP contribution in [0.5, 0.6) is 0 Å². The molecule has 2 radical (unpaired) electrons. The zero-order valence-electron chi connectivity index (χ0n) is 16.9. The molecule has 1 aliphatic carbocycles. The molecule has 3 fully saturated rings. The maximum Gasteiger partial charge on any atom is 0.0742 e. The molecule has 2 heterocycles. The fourth-order valence-electron chi connectivity index (χ4n) is 6.12. The van der Waals surface area contributed by atoms with Gasteiger partial charge < -0.3 is 4.74 Å². The van der Waals surface area contributed by atoms with Gasteiger partial charge in [-0.05, 0) is 64.3 Å². The Morgan fingerprint density at radius 3 is 2.42 bits per heavy atom. The molecule has 0 amide bonds. The molecular formula is C21H38BNO. The summed E-state index contributed by atoms with van der Waals surface area (Å²) in [4.78, 5) is 2.81. The summed E-state index contributed by atoms with van der Waals surface area (Å²) in [5, 5.41) is 0.0292. The quantitative estimate of drug-likeness (QED) is 0.672. The van der Waals surface area contributed by atoms with E-state index in [0.717, 1.165) is 18.4 Å². The van der Waals surface area contributed by atoms with E-state index in [9.17, 15) is 0 Å². The number of ether oxygens (including phenoxy) is 1. The van der Waals surface area contributed by atoms with Crippen LogP contribution in [0.1, 0.15) is 80.1 Å². The van der Waals surface area contributed by atoms with E-state index < -0.39 is 0 Å². The Hall–Kier alpha value is -0.0151. The monoisotopic (exact) mass is 331 g/mol. The SMILES string of the molecule is [B]C1(C)CCCC2C(CCN(C(C)C)C23COC(C)(C(C)C)C3)C1. The Labute approximate surface area is 151 Å². The summed E-state index contributed by atoms with van der Waals surface area (Å²) < 4.78 is 6.54. The molecule has 24 heavy (non-hydrogen) atoms. The highest BCUT2D eigenvalue weighted by atomic mass is 16.5. The second kappa shape index (κ2) is 6.30. The third-order valence-electron chi connectivity index (χ3n) is 7.72. The van der Waals surface area contributed by atoms with Crippen molar-refractivity contribution in [1.82, 2.24) is 4.90 Å². The summed E-state index contributed by atoms with van der Waals surface area (Å²) in [5.41, 5.74) is 0.254. The van der Waals surface area contributed by atoms with Crippen LogP contribution in [0.15, 0.2) is 0 Å². The molecular weight excluding hydrogens is 293 g/mol. The molecule has 5 atom stereocenters. The summed E-state index contributed by atoms with van der Waals surface area (Å²) in [7, 11) is 6.62. The van der Waals surface area contributed by atoms with E-state index in [1.807, 2.05) is 0 Å². The Morgan fingerprint density at radius 1 is 1.12 bits per heavy atom. The number of likely N-dealkylation sites (tertiary alicyclic amines) is 1. The molecule has 3 rings (SSSR count). The van der Waals surface area contributed by atoms with Gasteiger partial charge in [0.1, 0.15) is 0 Å². The summed E-state index contributed by atoms with van der Waals surface area (Å²) in [5.74, 6) is 2.09. The highest BCUT2D eigenvalue weighted by molar-refractivity contribution is 6.14. The van der Waals surface area contributed by atoms with E-state index in [-0.39, 0.29) is 16.5 Å². The Bertz CT molecular complexity index is 463. The molecule has 0 aromatic rings. The Kier molecular flexibility index (Phi) is 4.93. The largest absolute Gasteiger partial charge is 0.373 e. The lowest BCUT2D eigenvalue weighted by atomic mass is 9.59. The van der Waals surface area contributed by atoms with Gasteiger partial charge in [-0.3, -0.25) is 4.90 Å². The van der Waals surface area contributed by atoms with Crippen molar-refractivity contribution >= 4 is 7.85 Å². The van der Waals surface area contributed by atoms with Crippen LogP contribution in [-0.2, 0) is 4.74 Å². The maximum absolute atomic E-state index is 6.62. The van der Waals surface area contributed by atoms with E-state index in [1.165, 1.54) is 45.1 Å². The van der Waals surface area contributed by atoms with Gasteiger partial charge in [0.05, 0.1) is 25.6 Å². The van der Waals surface area contributed by atoms with Gasteiger partial charge in [0.15, 0.2) is 0 Å². The van der Waals surface area contributed by atoms with Gasteiger partial charge in [0, 0.05) is 6.04 Å². The van der Waals surface area contributed by atoms with Crippen LogP contribution in [0.3, 0.4) is 0 Å². The van der Waals surface area contributed by atoms with Crippen LogP contribution < -0.4 is 0 Å². The van der Waals surface area contributed by atoms with Gasteiger partial charge in [-0.25, -0.2) is 0 Å². The van der Waals surface area contributed by atoms with Crippen LogP contribution in [0.4, 0.5) is 0 Å². The third kappa shape index (κ3) is 3.09. The third-order valence-corrected chi connectivity index (χ3v) is 7.72. The minimum Gasteiger partial charge on any atom is -0.373 e. The van der Waals surface area contributed by atoms with Crippen LogP contribution in [0.2, 0.25) is 5.31 Å². The first-order valence-corrected chi connectivity index (χ1v) is 10.3. The molecule has 3 heteroatoms. The first-order chi connectivity index (χ1) is 11.1. The molecule has 1 saturated carbocycles. The number of nitrogens with zero attached hydrogens (tertiary/aromatic N) is 1. The molecule has 0 aromatic carbocycles. The molecule has 0 aromatic heterocycles. The molecule has 0 N–H and O–H groups in total. The van der Waals surface area contributed by atoms with Crippen molar-refractivity contribution in [2.24, 2.45) is 17.8 Å². The van der Waals surface area contributed by atoms with Crippen molar-refractivity contribution in [3.8, 4) is 0 Å². The summed E-state index contributed by atoms with van der Waals surface area (Å²) in [6.07, 6.45) is 7.50. The second-order valence-electron chi connectivity index (χ2n) is 10.2. The normalized spacial score (nSPS) is 47.3. The van der Waals surface area contributed by atoms with E-state index >= 15 is 0 Å². The van der Waals surface area contributed by atoms with Gasteiger partial charge in [0.25, 0.3) is 0 Å². The highest BCUT2D eigenvalue weighted by Crippen LogP contribution is 2.56. The summed E-state index contributed by atoms with van der Waals surface area (Å²) >= 11 is 0. The molecule has 3 aliphatic rings. The first kappa shape index (κ1) is 18.8. The fourth-order valence-corrected chi connectivity index (χ4v) is 6.12. The molecule has 1 spiro atoms. The zero-order valence-corrected chi connectivity index (χ0v) is 16.9. The number of hydrogen-bond acceptors (Lipinski definition) is 2. The highest BCUT2D eigenvalue weighted by Gasteiger charge is 2.59. The van der Waals surface area contributed by atoms with Crippen LogP contribution in [-0.4, -0.2) is 43.1 Å². The van der Waals surface area contributed by atoms with Crippen LogP contribution in [0, 0.1) is 17.8 Å². The van der Waals surface area contributed by atoms with E-state index in [0.29, 0.717) is 12.0 Å². The van der Waals surface area contributed by atoms with Gasteiger partial charge in [-0.1, -0.05) is 45.3 Å². The summed E-state index contributed by atoms with van der Waals surface area (Å²) in [6, 6.07) is 0.594. The molecule has 0 bridgehead atoms. The number of fused-ring (bicyclic) bond motifs is 2. The first-order valence-electron chi connectivity index (χ1n) is 10.3. The predicted octanol–water partition coefficient (Wildman–Crippen LogP) is 4.83. The molecule has 2 saturated heterocycles. The lowest BCUT2D eigenvalue weighted by molar-refractivity contribution is -0.0672. The summed E-state index contributed by atoms with van der Waals surface area (Å²) in [6.45, 7) is 16.1. The van der Waals surface area contributed by atoms with Crippen molar-refractivity contribution in [1.29, 1.82) is 0 Å².